The lowest BCUT2D eigenvalue weighted by Gasteiger charge is -2.11. The van der Waals surface area contributed by atoms with Gasteiger partial charge in [-0.05, 0) is 49.2 Å². The van der Waals surface area contributed by atoms with Crippen LogP contribution in [-0.4, -0.2) is 21.1 Å². The van der Waals surface area contributed by atoms with E-state index in [1.54, 1.807) is 0 Å². The Bertz CT molecular complexity index is 504. The molecule has 0 aliphatic heterocycles. The van der Waals surface area contributed by atoms with Gasteiger partial charge in [0.05, 0.1) is 0 Å². The highest BCUT2D eigenvalue weighted by Gasteiger charge is 1.91. The van der Waals surface area contributed by atoms with E-state index in [2.05, 4.69) is 74.6 Å². The normalized spacial score (nSPS) is 9.32. The van der Waals surface area contributed by atoms with Crippen LogP contribution in [-0.2, 0) is 0 Å². The van der Waals surface area contributed by atoms with E-state index in [1.807, 2.05) is 19.2 Å². The molecule has 2 aromatic carbocycles. The van der Waals surface area contributed by atoms with Gasteiger partial charge in [-0.25, -0.2) is 0 Å². The third-order valence-electron chi connectivity index (χ3n) is 2.82. The molecule has 0 saturated carbocycles. The Morgan fingerprint density at radius 1 is 0.842 bits per heavy atom. The standard InChI is InChI=1S/C9H13N.C8H11N/c1-8-5-4-6-9(7-8)10(2)3;1-7-4-3-5-8(6-7)9-2/h4-7H,1-3H3;3-6,9H,1-2H3. The summed E-state index contributed by atoms with van der Waals surface area (Å²) in [5.74, 6) is 0. The van der Waals surface area contributed by atoms with E-state index < -0.39 is 0 Å². The Balaban J connectivity index is 0.000000191. The van der Waals surface area contributed by atoms with E-state index in [1.165, 1.54) is 22.5 Å². The van der Waals surface area contributed by atoms with Gasteiger partial charge in [0.25, 0.3) is 0 Å². The summed E-state index contributed by atoms with van der Waals surface area (Å²) in [5.41, 5.74) is 5.04. The number of hydrogen-bond acceptors (Lipinski definition) is 2. The van der Waals surface area contributed by atoms with Crippen molar-refractivity contribution in [1.82, 2.24) is 0 Å². The van der Waals surface area contributed by atoms with Gasteiger partial charge < -0.3 is 10.2 Å². The Kier molecular flexibility index (Phi) is 5.94. The zero-order chi connectivity index (χ0) is 14.3. The van der Waals surface area contributed by atoms with Crippen LogP contribution in [0.3, 0.4) is 0 Å². The van der Waals surface area contributed by atoms with Crippen molar-refractivity contribution in [3.05, 3.63) is 59.7 Å². The van der Waals surface area contributed by atoms with Crippen molar-refractivity contribution in [2.45, 2.75) is 13.8 Å². The molecule has 0 aliphatic carbocycles. The van der Waals surface area contributed by atoms with Crippen LogP contribution in [0.2, 0.25) is 0 Å². The highest BCUT2D eigenvalue weighted by atomic mass is 15.1. The lowest BCUT2D eigenvalue weighted by Crippen LogP contribution is -2.08. The van der Waals surface area contributed by atoms with Crippen LogP contribution < -0.4 is 10.2 Å². The first-order valence-corrected chi connectivity index (χ1v) is 6.51. The van der Waals surface area contributed by atoms with Crippen molar-refractivity contribution in [2.24, 2.45) is 0 Å². The van der Waals surface area contributed by atoms with Crippen molar-refractivity contribution in [3.8, 4) is 0 Å². The average molecular weight is 256 g/mol. The van der Waals surface area contributed by atoms with E-state index in [4.69, 9.17) is 0 Å². The van der Waals surface area contributed by atoms with E-state index in [0.717, 1.165) is 0 Å². The van der Waals surface area contributed by atoms with Crippen molar-refractivity contribution in [3.63, 3.8) is 0 Å². The molecule has 2 aromatic rings. The number of hydrogen-bond donors (Lipinski definition) is 1. The van der Waals surface area contributed by atoms with Crippen molar-refractivity contribution in [1.29, 1.82) is 0 Å². The summed E-state index contributed by atoms with van der Waals surface area (Å²) in [5, 5.41) is 3.07. The maximum atomic E-state index is 3.07. The molecule has 19 heavy (non-hydrogen) atoms. The van der Waals surface area contributed by atoms with E-state index in [-0.39, 0.29) is 0 Å². The minimum absolute atomic E-state index is 1.18. The smallest absolute Gasteiger partial charge is 0.0363 e. The van der Waals surface area contributed by atoms with Gasteiger partial charge in [0.1, 0.15) is 0 Å². The molecule has 0 aromatic heterocycles. The highest BCUT2D eigenvalue weighted by molar-refractivity contribution is 5.46. The number of nitrogens with zero attached hydrogens (tertiary/aromatic N) is 1. The third-order valence-corrected chi connectivity index (χ3v) is 2.82. The van der Waals surface area contributed by atoms with Crippen LogP contribution in [0.4, 0.5) is 11.4 Å². The van der Waals surface area contributed by atoms with Gasteiger partial charge in [0.15, 0.2) is 0 Å². The van der Waals surface area contributed by atoms with Crippen LogP contribution >= 0.6 is 0 Å². The summed E-state index contributed by atoms with van der Waals surface area (Å²) in [6.07, 6.45) is 0. The molecule has 0 bridgehead atoms. The van der Waals surface area contributed by atoms with Gasteiger partial charge >= 0.3 is 0 Å². The van der Waals surface area contributed by atoms with Gasteiger partial charge in [-0.1, -0.05) is 24.3 Å². The molecule has 2 heteroatoms. The fourth-order valence-electron chi connectivity index (χ4n) is 1.71. The van der Waals surface area contributed by atoms with Crippen LogP contribution in [0.5, 0.6) is 0 Å². The average Bonchev–Trinajstić information content (AvgIpc) is 2.39. The number of benzene rings is 2. The van der Waals surface area contributed by atoms with E-state index >= 15 is 0 Å². The number of aryl methyl sites for hydroxylation is 2. The van der Waals surface area contributed by atoms with Crippen molar-refractivity contribution >= 4 is 11.4 Å². The largest absolute Gasteiger partial charge is 0.388 e. The maximum absolute atomic E-state index is 3.07. The summed E-state index contributed by atoms with van der Waals surface area (Å²) in [7, 11) is 6.03. The molecule has 2 nitrogen and oxygen atoms in total. The molecule has 102 valence electrons. The molecule has 0 unspecified atom stereocenters. The second kappa shape index (κ2) is 7.47. The van der Waals surface area contributed by atoms with Crippen molar-refractivity contribution in [2.75, 3.05) is 31.4 Å². The summed E-state index contributed by atoms with van der Waals surface area (Å²) in [6, 6.07) is 16.7. The molecule has 0 spiro atoms. The molecule has 0 amide bonds. The Morgan fingerprint density at radius 3 is 1.79 bits per heavy atom. The lowest BCUT2D eigenvalue weighted by atomic mass is 10.2. The summed E-state index contributed by atoms with van der Waals surface area (Å²) >= 11 is 0. The summed E-state index contributed by atoms with van der Waals surface area (Å²) in [6.45, 7) is 4.19. The highest BCUT2D eigenvalue weighted by Crippen LogP contribution is 2.11. The maximum Gasteiger partial charge on any atom is 0.0363 e. The molecule has 0 fully saturated rings. The molecule has 2 rings (SSSR count). The molecule has 0 atom stereocenters. The minimum atomic E-state index is 1.18. The molecule has 0 aliphatic rings. The second-order valence-corrected chi connectivity index (χ2v) is 4.85. The number of anilines is 2. The van der Waals surface area contributed by atoms with Crippen LogP contribution in [0.15, 0.2) is 48.5 Å². The lowest BCUT2D eigenvalue weighted by molar-refractivity contribution is 1.13. The summed E-state index contributed by atoms with van der Waals surface area (Å²) in [4.78, 5) is 2.10. The van der Waals surface area contributed by atoms with Gasteiger partial charge in [0, 0.05) is 32.5 Å². The number of rotatable bonds is 2. The van der Waals surface area contributed by atoms with Crippen LogP contribution in [0, 0.1) is 13.8 Å². The van der Waals surface area contributed by atoms with E-state index in [9.17, 15) is 0 Å². The molecular formula is C17H24N2. The Hall–Kier alpha value is -1.96. The predicted octanol–water partition coefficient (Wildman–Crippen LogP) is 4.10. The van der Waals surface area contributed by atoms with Crippen LogP contribution in [0.25, 0.3) is 0 Å². The SMILES string of the molecule is CNc1cccc(C)c1.Cc1cccc(N(C)C)c1. The van der Waals surface area contributed by atoms with Crippen molar-refractivity contribution < 1.29 is 0 Å². The molecular weight excluding hydrogens is 232 g/mol. The minimum Gasteiger partial charge on any atom is -0.388 e. The summed E-state index contributed by atoms with van der Waals surface area (Å²) < 4.78 is 0. The van der Waals surface area contributed by atoms with Gasteiger partial charge in [-0.2, -0.15) is 0 Å². The zero-order valence-electron chi connectivity index (χ0n) is 12.6. The van der Waals surface area contributed by atoms with Crippen LogP contribution in [0.1, 0.15) is 11.1 Å². The first-order valence-electron chi connectivity index (χ1n) is 6.51. The topological polar surface area (TPSA) is 15.3 Å². The zero-order valence-corrected chi connectivity index (χ0v) is 12.6. The molecule has 0 radical (unpaired) electrons. The predicted molar refractivity (Wildman–Crippen MR) is 86.2 cm³/mol. The Labute approximate surface area is 117 Å². The molecule has 0 saturated heterocycles. The third kappa shape index (κ3) is 5.47. The van der Waals surface area contributed by atoms with Gasteiger partial charge in [-0.15, -0.1) is 0 Å². The molecule has 0 heterocycles. The fourth-order valence-corrected chi connectivity index (χ4v) is 1.71. The second-order valence-electron chi connectivity index (χ2n) is 4.85. The van der Waals surface area contributed by atoms with E-state index in [0.29, 0.717) is 0 Å². The fraction of sp³-hybridized carbons (Fsp3) is 0.294. The quantitative estimate of drug-likeness (QED) is 0.870. The Morgan fingerprint density at radius 2 is 1.42 bits per heavy atom. The number of nitrogens with one attached hydrogen (secondary N) is 1. The van der Waals surface area contributed by atoms with Gasteiger partial charge in [0.2, 0.25) is 0 Å². The first-order chi connectivity index (χ1) is 9.02. The molecule has 1 N–H and O–H groups in total. The first kappa shape index (κ1) is 15.1. The monoisotopic (exact) mass is 256 g/mol. The van der Waals surface area contributed by atoms with Gasteiger partial charge in [-0.3, -0.25) is 0 Å².